The maximum atomic E-state index is 13.2. The van der Waals surface area contributed by atoms with Crippen LogP contribution in [-0.4, -0.2) is 53.7 Å². The SMILES string of the molecule is CCOc1cccc(-c2nc3nc(Cl)c(NS(=O)(=O)c4ccc(CF)cc4)nc3n2-c2c(OC)cccc2OC)n1.[HH]. The van der Waals surface area contributed by atoms with Gasteiger partial charge in [-0.1, -0.05) is 35.9 Å². The molecule has 0 amide bonds. The van der Waals surface area contributed by atoms with E-state index >= 15 is 0 Å². The summed E-state index contributed by atoms with van der Waals surface area (Å²) < 4.78 is 60.1. The molecule has 0 unspecified atom stereocenters. The summed E-state index contributed by atoms with van der Waals surface area (Å²) in [6.07, 6.45) is 0. The van der Waals surface area contributed by atoms with Crippen LogP contribution >= 0.6 is 11.6 Å². The molecule has 0 saturated carbocycles. The molecule has 2 aromatic carbocycles. The smallest absolute Gasteiger partial charge is 0.263 e. The minimum absolute atomic E-state index is 0. The van der Waals surface area contributed by atoms with Crippen molar-refractivity contribution >= 4 is 38.7 Å². The number of hydrogen-bond acceptors (Lipinski definition) is 9. The zero-order valence-electron chi connectivity index (χ0n) is 22.1. The van der Waals surface area contributed by atoms with Crippen LogP contribution in [0.5, 0.6) is 17.4 Å². The number of alkyl halides is 1. The van der Waals surface area contributed by atoms with Crippen molar-refractivity contribution in [1.29, 1.82) is 0 Å². The lowest BCUT2D eigenvalue weighted by Crippen LogP contribution is -2.15. The Bertz CT molecular complexity index is 1820. The predicted octanol–water partition coefficient (Wildman–Crippen LogP) is 5.46. The van der Waals surface area contributed by atoms with E-state index in [0.29, 0.717) is 46.8 Å². The third-order valence-electron chi connectivity index (χ3n) is 5.94. The molecule has 0 aliphatic rings. The van der Waals surface area contributed by atoms with Gasteiger partial charge in [0.05, 0.1) is 25.7 Å². The molecular weight excluding hydrogens is 575 g/mol. The number of rotatable bonds is 10. The van der Waals surface area contributed by atoms with E-state index in [4.69, 9.17) is 25.8 Å². The van der Waals surface area contributed by atoms with E-state index in [1.165, 1.54) is 38.5 Å². The zero-order chi connectivity index (χ0) is 29.1. The number of halogens is 2. The number of fused-ring (bicyclic) bond motifs is 1. The van der Waals surface area contributed by atoms with Gasteiger partial charge in [-0.2, -0.15) is 0 Å². The number of sulfonamides is 1. The minimum Gasteiger partial charge on any atom is -0.494 e. The summed E-state index contributed by atoms with van der Waals surface area (Å²) in [5.74, 6) is 1.26. The summed E-state index contributed by atoms with van der Waals surface area (Å²) in [5.41, 5.74) is 1.42. The molecule has 5 rings (SSSR count). The molecule has 3 aromatic heterocycles. The van der Waals surface area contributed by atoms with E-state index in [1.54, 1.807) is 41.0 Å². The monoisotopic (exact) mass is 600 g/mol. The summed E-state index contributed by atoms with van der Waals surface area (Å²) in [6.45, 7) is 1.53. The van der Waals surface area contributed by atoms with Crippen LogP contribution in [0.15, 0.2) is 65.6 Å². The molecule has 0 bridgehead atoms. The molecule has 0 spiro atoms. The first kappa shape index (κ1) is 28.1. The van der Waals surface area contributed by atoms with E-state index in [9.17, 15) is 12.8 Å². The van der Waals surface area contributed by atoms with Gasteiger partial charge in [-0.3, -0.25) is 9.29 Å². The Morgan fingerprint density at radius 2 is 1.63 bits per heavy atom. The molecule has 3 heterocycles. The molecule has 0 radical (unpaired) electrons. The molecule has 0 fully saturated rings. The van der Waals surface area contributed by atoms with Gasteiger partial charge in [0.25, 0.3) is 10.0 Å². The number of aromatic nitrogens is 5. The summed E-state index contributed by atoms with van der Waals surface area (Å²) in [5, 5.41) is -0.235. The molecule has 0 aliphatic carbocycles. The number of anilines is 1. The number of nitrogens with zero attached hydrogens (tertiary/aromatic N) is 5. The van der Waals surface area contributed by atoms with Gasteiger partial charge >= 0.3 is 0 Å². The highest BCUT2D eigenvalue weighted by molar-refractivity contribution is 7.92. The van der Waals surface area contributed by atoms with E-state index < -0.39 is 16.7 Å². The largest absolute Gasteiger partial charge is 0.494 e. The van der Waals surface area contributed by atoms with Crippen molar-refractivity contribution in [3.8, 4) is 34.6 Å². The predicted molar refractivity (Wildman–Crippen MR) is 153 cm³/mol. The average Bonchev–Trinajstić information content (AvgIpc) is 3.34. The number of nitrogens with one attached hydrogen (secondary N) is 1. The molecule has 0 atom stereocenters. The number of para-hydroxylation sites is 1. The topological polar surface area (TPSA) is 130 Å². The molecular formula is C27H26ClFN6O5S. The van der Waals surface area contributed by atoms with Crippen molar-refractivity contribution < 1.29 is 28.4 Å². The first-order valence-electron chi connectivity index (χ1n) is 12.2. The number of pyridine rings is 1. The van der Waals surface area contributed by atoms with Gasteiger partial charge in [0.15, 0.2) is 28.1 Å². The lowest BCUT2D eigenvalue weighted by atomic mass is 10.2. The third-order valence-corrected chi connectivity index (χ3v) is 7.56. The lowest BCUT2D eigenvalue weighted by molar-refractivity contribution is 0.327. The van der Waals surface area contributed by atoms with Gasteiger partial charge < -0.3 is 14.2 Å². The first-order valence-corrected chi connectivity index (χ1v) is 14.1. The second-order valence-electron chi connectivity index (χ2n) is 8.47. The fourth-order valence-corrected chi connectivity index (χ4v) is 5.32. The Labute approximate surface area is 241 Å². The Balaban J connectivity index is 0.00000405. The van der Waals surface area contributed by atoms with Gasteiger partial charge in [-0.05, 0) is 42.8 Å². The Kier molecular flexibility index (Phi) is 7.90. The van der Waals surface area contributed by atoms with Crippen LogP contribution in [0.2, 0.25) is 5.15 Å². The van der Waals surface area contributed by atoms with Crippen LogP contribution in [0.25, 0.3) is 28.5 Å². The average molecular weight is 601 g/mol. The van der Waals surface area contributed by atoms with E-state index in [1.807, 2.05) is 6.92 Å². The van der Waals surface area contributed by atoms with Gasteiger partial charge in [0.1, 0.15) is 29.6 Å². The normalized spacial score (nSPS) is 11.4. The highest BCUT2D eigenvalue weighted by Gasteiger charge is 2.26. The maximum absolute atomic E-state index is 13.2. The molecule has 11 nitrogen and oxygen atoms in total. The van der Waals surface area contributed by atoms with Crippen LogP contribution in [0.1, 0.15) is 13.9 Å². The van der Waals surface area contributed by atoms with E-state index in [-0.39, 0.29) is 28.6 Å². The van der Waals surface area contributed by atoms with Crippen molar-refractivity contribution in [3.63, 3.8) is 0 Å². The quantitative estimate of drug-likeness (QED) is 0.222. The molecule has 5 aromatic rings. The number of ether oxygens (including phenoxy) is 3. The number of imidazole rings is 1. The summed E-state index contributed by atoms with van der Waals surface area (Å²) >= 11 is 6.40. The summed E-state index contributed by atoms with van der Waals surface area (Å²) in [4.78, 5) is 18.0. The van der Waals surface area contributed by atoms with E-state index in [2.05, 4.69) is 24.7 Å². The Morgan fingerprint density at radius 3 is 2.27 bits per heavy atom. The fourth-order valence-electron chi connectivity index (χ4n) is 4.09. The van der Waals surface area contributed by atoms with Crippen molar-refractivity contribution in [2.75, 3.05) is 25.5 Å². The van der Waals surface area contributed by atoms with Crippen molar-refractivity contribution in [3.05, 3.63) is 71.4 Å². The van der Waals surface area contributed by atoms with Crippen molar-refractivity contribution in [2.45, 2.75) is 18.5 Å². The number of hydrogen-bond donors (Lipinski definition) is 1. The second-order valence-corrected chi connectivity index (χ2v) is 10.5. The maximum Gasteiger partial charge on any atom is 0.263 e. The zero-order valence-corrected chi connectivity index (χ0v) is 23.7. The number of methoxy groups -OCH3 is 2. The Morgan fingerprint density at radius 1 is 0.951 bits per heavy atom. The molecule has 0 aliphatic heterocycles. The van der Waals surface area contributed by atoms with Gasteiger partial charge in [0, 0.05) is 7.49 Å². The van der Waals surface area contributed by atoms with Crippen molar-refractivity contribution in [2.24, 2.45) is 0 Å². The second kappa shape index (κ2) is 11.6. The molecule has 41 heavy (non-hydrogen) atoms. The van der Waals surface area contributed by atoms with Gasteiger partial charge in [-0.25, -0.2) is 32.7 Å². The standard InChI is InChI=1S/C27H24ClFN6O5S.H2/c1-4-40-21-10-5-7-18(30-21)26-33-25-27(35(26)22-19(38-2)8-6-9-20(22)39-3)32-24(23(28)31-25)34-41(36,37)17-13-11-16(15-29)12-14-17;/h5-14H,4,15H2,1-3H3,(H,32,34);1H. The van der Waals surface area contributed by atoms with Crippen molar-refractivity contribution in [1.82, 2.24) is 24.5 Å². The highest BCUT2D eigenvalue weighted by atomic mass is 35.5. The summed E-state index contributed by atoms with van der Waals surface area (Å²) in [6, 6.07) is 15.7. The van der Waals surface area contributed by atoms with E-state index in [0.717, 1.165) is 0 Å². The highest BCUT2D eigenvalue weighted by Crippen LogP contribution is 2.38. The molecule has 214 valence electrons. The lowest BCUT2D eigenvalue weighted by Gasteiger charge is -2.16. The van der Waals surface area contributed by atoms with Crippen LogP contribution in [0.3, 0.4) is 0 Å². The van der Waals surface area contributed by atoms with Crippen LogP contribution in [0, 0.1) is 0 Å². The summed E-state index contributed by atoms with van der Waals surface area (Å²) in [7, 11) is -1.15. The van der Waals surface area contributed by atoms with Crippen LogP contribution < -0.4 is 18.9 Å². The fraction of sp³-hybridized carbons (Fsp3) is 0.185. The Hall–Kier alpha value is -4.49. The van der Waals surface area contributed by atoms with Gasteiger partial charge in [0.2, 0.25) is 5.88 Å². The third kappa shape index (κ3) is 5.45. The minimum atomic E-state index is -4.16. The number of benzene rings is 2. The molecule has 1 N–H and O–H groups in total. The first-order chi connectivity index (χ1) is 19.8. The van der Waals surface area contributed by atoms with Crippen LogP contribution in [0.4, 0.5) is 10.2 Å². The molecule has 0 saturated heterocycles. The van der Waals surface area contributed by atoms with Crippen LogP contribution in [-0.2, 0) is 16.7 Å². The van der Waals surface area contributed by atoms with Gasteiger partial charge in [-0.15, -0.1) is 0 Å². The molecule has 14 heteroatoms.